The van der Waals surface area contributed by atoms with Crippen LogP contribution in [0.3, 0.4) is 0 Å². The van der Waals surface area contributed by atoms with Gasteiger partial charge in [0.1, 0.15) is 5.75 Å². The molecule has 25 heavy (non-hydrogen) atoms. The summed E-state index contributed by atoms with van der Waals surface area (Å²) in [5, 5.41) is 7.26. The Morgan fingerprint density at radius 1 is 1.48 bits per heavy atom. The lowest BCUT2D eigenvalue weighted by atomic mass is 10.0. The number of rotatable bonds is 5. The third-order valence-electron chi connectivity index (χ3n) is 4.76. The minimum Gasteiger partial charge on any atom is -0.497 e. The number of hydrogen-bond acceptors (Lipinski definition) is 3. The van der Waals surface area contributed by atoms with Gasteiger partial charge in [-0.3, -0.25) is 9.89 Å². The first kappa shape index (κ1) is 18.0. The van der Waals surface area contributed by atoms with Crippen molar-refractivity contribution in [2.75, 3.05) is 13.7 Å². The number of likely N-dealkylation sites (tertiary alicyclic amines) is 1. The molecular formula is C19H24BrN3O2. The Balaban J connectivity index is 1.78. The zero-order valence-corrected chi connectivity index (χ0v) is 16.5. The summed E-state index contributed by atoms with van der Waals surface area (Å²) >= 11 is 3.55. The molecule has 1 aromatic carbocycles. The third kappa shape index (κ3) is 3.73. The number of carbonyl (C=O) groups is 1. The summed E-state index contributed by atoms with van der Waals surface area (Å²) in [6, 6.07) is 8.27. The summed E-state index contributed by atoms with van der Waals surface area (Å²) in [6.07, 6.45) is 2.88. The van der Waals surface area contributed by atoms with E-state index in [0.717, 1.165) is 41.7 Å². The van der Waals surface area contributed by atoms with E-state index >= 15 is 0 Å². The van der Waals surface area contributed by atoms with E-state index in [-0.39, 0.29) is 17.9 Å². The number of nitrogens with zero attached hydrogens (tertiary/aromatic N) is 2. The number of hydrogen-bond donors (Lipinski definition) is 1. The second kappa shape index (κ2) is 7.60. The van der Waals surface area contributed by atoms with Crippen molar-refractivity contribution in [1.29, 1.82) is 0 Å². The Kier molecular flexibility index (Phi) is 5.47. The molecule has 1 atom stereocenters. The summed E-state index contributed by atoms with van der Waals surface area (Å²) in [4.78, 5) is 15.0. The average molecular weight is 406 g/mol. The van der Waals surface area contributed by atoms with Crippen molar-refractivity contribution in [2.24, 2.45) is 0 Å². The van der Waals surface area contributed by atoms with Gasteiger partial charge in [-0.05, 0) is 58.8 Å². The normalized spacial score (nSPS) is 17.3. The van der Waals surface area contributed by atoms with Gasteiger partial charge in [0.05, 0.1) is 17.3 Å². The van der Waals surface area contributed by atoms with Gasteiger partial charge < -0.3 is 9.64 Å². The predicted octanol–water partition coefficient (Wildman–Crippen LogP) is 4.15. The van der Waals surface area contributed by atoms with E-state index in [9.17, 15) is 4.79 Å². The van der Waals surface area contributed by atoms with Gasteiger partial charge in [0.15, 0.2) is 5.69 Å². The van der Waals surface area contributed by atoms with Crippen molar-refractivity contribution in [2.45, 2.75) is 45.1 Å². The molecule has 1 aliphatic heterocycles. The number of ether oxygens (including phenoxy) is 1. The number of amides is 1. The van der Waals surface area contributed by atoms with Crippen LogP contribution in [0.25, 0.3) is 0 Å². The lowest BCUT2D eigenvalue weighted by Gasteiger charge is -2.24. The van der Waals surface area contributed by atoms with Gasteiger partial charge in [-0.25, -0.2) is 0 Å². The zero-order valence-electron chi connectivity index (χ0n) is 14.9. The fraction of sp³-hybridized carbons (Fsp3) is 0.474. The molecule has 0 saturated carbocycles. The third-order valence-corrected chi connectivity index (χ3v) is 5.56. The molecule has 1 saturated heterocycles. The topological polar surface area (TPSA) is 58.2 Å². The first-order valence-electron chi connectivity index (χ1n) is 8.69. The van der Waals surface area contributed by atoms with Gasteiger partial charge in [0.25, 0.3) is 5.91 Å². The molecule has 2 aromatic rings. The molecule has 1 N–H and O–H groups in total. The molecule has 0 spiro atoms. The van der Waals surface area contributed by atoms with Crippen LogP contribution < -0.4 is 4.74 Å². The van der Waals surface area contributed by atoms with Gasteiger partial charge in [-0.15, -0.1) is 0 Å². The Labute approximate surface area is 156 Å². The monoisotopic (exact) mass is 405 g/mol. The minimum atomic E-state index is 0.000390. The Morgan fingerprint density at radius 2 is 2.28 bits per heavy atom. The number of aromatic amines is 1. The average Bonchev–Trinajstić information content (AvgIpc) is 3.21. The van der Waals surface area contributed by atoms with Crippen molar-refractivity contribution in [3.63, 3.8) is 0 Å². The summed E-state index contributed by atoms with van der Waals surface area (Å²) < 4.78 is 6.09. The van der Waals surface area contributed by atoms with Crippen LogP contribution >= 0.6 is 15.9 Å². The lowest BCUT2D eigenvalue weighted by Crippen LogP contribution is -2.37. The quantitative estimate of drug-likeness (QED) is 0.812. The van der Waals surface area contributed by atoms with Gasteiger partial charge in [0.2, 0.25) is 0 Å². The lowest BCUT2D eigenvalue weighted by molar-refractivity contribution is 0.0729. The van der Waals surface area contributed by atoms with E-state index in [4.69, 9.17) is 4.74 Å². The molecule has 0 bridgehead atoms. The molecule has 2 heterocycles. The summed E-state index contributed by atoms with van der Waals surface area (Å²) in [7, 11) is 1.67. The molecule has 6 heteroatoms. The summed E-state index contributed by atoms with van der Waals surface area (Å²) in [5.41, 5.74) is 2.64. The van der Waals surface area contributed by atoms with E-state index in [1.54, 1.807) is 7.11 Å². The van der Waals surface area contributed by atoms with Crippen LogP contribution in [0, 0.1) is 0 Å². The summed E-state index contributed by atoms with van der Waals surface area (Å²) in [6.45, 7) is 4.94. The van der Waals surface area contributed by atoms with Crippen molar-refractivity contribution < 1.29 is 9.53 Å². The van der Waals surface area contributed by atoms with Crippen LogP contribution in [0.4, 0.5) is 0 Å². The molecule has 0 radical (unpaired) electrons. The molecule has 0 aliphatic carbocycles. The van der Waals surface area contributed by atoms with E-state index in [2.05, 4.69) is 46.0 Å². The SMILES string of the molecule is COc1cccc(CC2CCCN2C(=O)c2n[nH]c(C(C)C)c2Br)c1. The van der Waals surface area contributed by atoms with Crippen LogP contribution in [0.2, 0.25) is 0 Å². The molecule has 134 valence electrons. The molecular weight excluding hydrogens is 382 g/mol. The number of H-pyrrole nitrogens is 1. The zero-order chi connectivity index (χ0) is 18.0. The van der Waals surface area contributed by atoms with Crippen LogP contribution in [0.5, 0.6) is 5.75 Å². The van der Waals surface area contributed by atoms with Crippen molar-refractivity contribution >= 4 is 21.8 Å². The van der Waals surface area contributed by atoms with Crippen molar-refractivity contribution in [3.05, 3.63) is 45.7 Å². The second-order valence-electron chi connectivity index (χ2n) is 6.80. The van der Waals surface area contributed by atoms with Gasteiger partial charge >= 0.3 is 0 Å². The number of carbonyl (C=O) groups excluding carboxylic acids is 1. The van der Waals surface area contributed by atoms with E-state index in [1.807, 2.05) is 23.1 Å². The first-order valence-corrected chi connectivity index (χ1v) is 9.48. The maximum Gasteiger partial charge on any atom is 0.275 e. The number of benzene rings is 1. The number of halogens is 1. The molecule has 1 unspecified atom stereocenters. The molecule has 3 rings (SSSR count). The Morgan fingerprint density at radius 3 is 2.96 bits per heavy atom. The van der Waals surface area contributed by atoms with Crippen LogP contribution in [0.1, 0.15) is 54.4 Å². The van der Waals surface area contributed by atoms with Crippen molar-refractivity contribution in [3.8, 4) is 5.75 Å². The Hall–Kier alpha value is -1.82. The van der Waals surface area contributed by atoms with Gasteiger partial charge in [-0.2, -0.15) is 5.10 Å². The van der Waals surface area contributed by atoms with Crippen LogP contribution in [-0.4, -0.2) is 40.7 Å². The molecule has 5 nitrogen and oxygen atoms in total. The smallest absolute Gasteiger partial charge is 0.275 e. The number of methoxy groups -OCH3 is 1. The van der Waals surface area contributed by atoms with Crippen LogP contribution in [0.15, 0.2) is 28.7 Å². The maximum atomic E-state index is 13.0. The highest BCUT2D eigenvalue weighted by Gasteiger charge is 2.32. The number of aromatic nitrogens is 2. The van der Waals surface area contributed by atoms with E-state index in [0.29, 0.717) is 5.69 Å². The highest BCUT2D eigenvalue weighted by atomic mass is 79.9. The first-order chi connectivity index (χ1) is 12.0. The van der Waals surface area contributed by atoms with E-state index < -0.39 is 0 Å². The molecule has 1 amide bonds. The predicted molar refractivity (Wildman–Crippen MR) is 101 cm³/mol. The van der Waals surface area contributed by atoms with E-state index in [1.165, 1.54) is 5.56 Å². The standard InChI is InChI=1S/C19H24BrN3O2/c1-12(2)17-16(20)18(22-21-17)19(24)23-9-5-7-14(23)10-13-6-4-8-15(11-13)25-3/h4,6,8,11-12,14H,5,7,9-10H2,1-3H3,(H,21,22). The highest BCUT2D eigenvalue weighted by molar-refractivity contribution is 9.10. The van der Waals surface area contributed by atoms with Gasteiger partial charge in [-0.1, -0.05) is 26.0 Å². The molecule has 1 fully saturated rings. The van der Waals surface area contributed by atoms with Crippen molar-refractivity contribution in [1.82, 2.24) is 15.1 Å². The van der Waals surface area contributed by atoms with Gasteiger partial charge in [0, 0.05) is 12.6 Å². The molecule has 1 aromatic heterocycles. The maximum absolute atomic E-state index is 13.0. The Bertz CT molecular complexity index is 757. The largest absolute Gasteiger partial charge is 0.497 e. The minimum absolute atomic E-state index is 0.000390. The number of nitrogens with one attached hydrogen (secondary N) is 1. The molecule has 1 aliphatic rings. The fourth-order valence-electron chi connectivity index (χ4n) is 3.39. The summed E-state index contributed by atoms with van der Waals surface area (Å²) in [5.74, 6) is 1.14. The fourth-order valence-corrected chi connectivity index (χ4v) is 4.19. The second-order valence-corrected chi connectivity index (χ2v) is 7.60. The highest BCUT2D eigenvalue weighted by Crippen LogP contribution is 2.29. The van der Waals surface area contributed by atoms with Crippen LogP contribution in [-0.2, 0) is 6.42 Å².